The standard InChI is InChI=1S/C15H17FN4O2/c1-18-14(21)10-13(17-15(18)22)20-8-6-19(7-9-20)12-4-2-11(16)3-5-12/h2-5,10H,6-9H2,1H3,(H,17,22). The summed E-state index contributed by atoms with van der Waals surface area (Å²) in [5.74, 6) is 0.298. The number of nitrogens with zero attached hydrogens (tertiary/aromatic N) is 3. The number of benzene rings is 1. The van der Waals surface area contributed by atoms with Crippen molar-refractivity contribution in [2.45, 2.75) is 0 Å². The Morgan fingerprint density at radius 3 is 2.18 bits per heavy atom. The fourth-order valence-corrected chi connectivity index (χ4v) is 2.57. The zero-order valence-corrected chi connectivity index (χ0v) is 12.3. The minimum Gasteiger partial charge on any atom is -0.368 e. The van der Waals surface area contributed by atoms with Crippen LogP contribution in [0.4, 0.5) is 15.9 Å². The summed E-state index contributed by atoms with van der Waals surface area (Å²) in [7, 11) is 1.44. The van der Waals surface area contributed by atoms with Gasteiger partial charge in [-0.1, -0.05) is 0 Å². The predicted octanol–water partition coefficient (Wildman–Crippen LogP) is 0.539. The molecule has 6 nitrogen and oxygen atoms in total. The molecule has 0 atom stereocenters. The van der Waals surface area contributed by atoms with Gasteiger partial charge in [0.25, 0.3) is 5.56 Å². The second-order valence-electron chi connectivity index (χ2n) is 5.31. The molecule has 0 unspecified atom stereocenters. The number of anilines is 2. The summed E-state index contributed by atoms with van der Waals surface area (Å²) in [5.41, 5.74) is 0.238. The number of hydrogen-bond donors (Lipinski definition) is 1. The molecular weight excluding hydrogens is 287 g/mol. The normalized spacial score (nSPS) is 15.2. The Hall–Kier alpha value is -2.57. The molecule has 1 aromatic heterocycles. The molecule has 1 fully saturated rings. The molecule has 1 aliphatic heterocycles. The number of aromatic nitrogens is 2. The molecule has 0 bridgehead atoms. The van der Waals surface area contributed by atoms with Crippen LogP contribution in [-0.4, -0.2) is 35.7 Å². The topological polar surface area (TPSA) is 61.3 Å². The van der Waals surface area contributed by atoms with Crippen molar-refractivity contribution in [3.63, 3.8) is 0 Å². The molecule has 0 aliphatic carbocycles. The lowest BCUT2D eigenvalue weighted by molar-refractivity contribution is 0.623. The third-order valence-corrected chi connectivity index (χ3v) is 3.94. The molecule has 1 saturated heterocycles. The van der Waals surface area contributed by atoms with Gasteiger partial charge in [0.1, 0.15) is 11.6 Å². The molecule has 0 radical (unpaired) electrons. The molecule has 1 N–H and O–H groups in total. The first-order chi connectivity index (χ1) is 10.5. The van der Waals surface area contributed by atoms with E-state index in [1.54, 1.807) is 12.1 Å². The van der Waals surface area contributed by atoms with Crippen molar-refractivity contribution < 1.29 is 4.39 Å². The SMILES string of the molecule is Cn1c(=O)cc(N2CCN(c3ccc(F)cc3)CC2)[nH]c1=O. The Bertz CT molecular complexity index is 742. The van der Waals surface area contributed by atoms with E-state index in [0.717, 1.165) is 23.3 Å². The van der Waals surface area contributed by atoms with Gasteiger partial charge in [-0.25, -0.2) is 9.18 Å². The van der Waals surface area contributed by atoms with Crippen molar-refractivity contribution >= 4 is 11.5 Å². The van der Waals surface area contributed by atoms with Gasteiger partial charge in [0, 0.05) is 45.0 Å². The van der Waals surface area contributed by atoms with E-state index in [2.05, 4.69) is 9.88 Å². The Morgan fingerprint density at radius 2 is 1.59 bits per heavy atom. The summed E-state index contributed by atoms with van der Waals surface area (Å²) in [4.78, 5) is 30.2. The van der Waals surface area contributed by atoms with Gasteiger partial charge in [-0.3, -0.25) is 14.3 Å². The lowest BCUT2D eigenvalue weighted by atomic mass is 10.2. The molecule has 3 rings (SSSR count). The largest absolute Gasteiger partial charge is 0.368 e. The fraction of sp³-hybridized carbons (Fsp3) is 0.333. The number of rotatable bonds is 2. The van der Waals surface area contributed by atoms with Crippen molar-refractivity contribution in [2.24, 2.45) is 7.05 Å². The number of hydrogen-bond acceptors (Lipinski definition) is 4. The molecule has 1 aromatic carbocycles. The third kappa shape index (κ3) is 2.74. The lowest BCUT2D eigenvalue weighted by Gasteiger charge is -2.36. The lowest BCUT2D eigenvalue weighted by Crippen LogP contribution is -2.48. The van der Waals surface area contributed by atoms with E-state index < -0.39 is 5.69 Å². The summed E-state index contributed by atoms with van der Waals surface area (Å²) in [6.07, 6.45) is 0. The van der Waals surface area contributed by atoms with Crippen LogP contribution < -0.4 is 21.0 Å². The Morgan fingerprint density at radius 1 is 1.00 bits per heavy atom. The van der Waals surface area contributed by atoms with Gasteiger partial charge in [-0.2, -0.15) is 0 Å². The average molecular weight is 304 g/mol. The van der Waals surface area contributed by atoms with E-state index in [-0.39, 0.29) is 11.4 Å². The quantitative estimate of drug-likeness (QED) is 0.880. The Labute approximate surface area is 126 Å². The molecule has 2 heterocycles. The molecular formula is C15H17FN4O2. The highest BCUT2D eigenvalue weighted by atomic mass is 19.1. The summed E-state index contributed by atoms with van der Waals surface area (Å²) >= 11 is 0. The molecule has 0 spiro atoms. The van der Waals surface area contributed by atoms with Gasteiger partial charge in [0.2, 0.25) is 0 Å². The van der Waals surface area contributed by atoms with Gasteiger partial charge in [-0.15, -0.1) is 0 Å². The first-order valence-corrected chi connectivity index (χ1v) is 7.10. The highest BCUT2D eigenvalue weighted by Crippen LogP contribution is 2.18. The van der Waals surface area contributed by atoms with Gasteiger partial charge >= 0.3 is 5.69 Å². The third-order valence-electron chi connectivity index (χ3n) is 3.94. The Balaban J connectivity index is 1.73. The molecule has 7 heteroatoms. The van der Waals surface area contributed by atoms with E-state index in [1.165, 1.54) is 25.2 Å². The van der Waals surface area contributed by atoms with Crippen LogP contribution in [0, 0.1) is 5.82 Å². The number of H-pyrrole nitrogens is 1. The van der Waals surface area contributed by atoms with Crippen LogP contribution in [0.25, 0.3) is 0 Å². The number of piperazine rings is 1. The fourth-order valence-electron chi connectivity index (χ4n) is 2.57. The van der Waals surface area contributed by atoms with Crippen molar-refractivity contribution in [1.29, 1.82) is 0 Å². The van der Waals surface area contributed by atoms with E-state index in [4.69, 9.17) is 0 Å². The predicted molar refractivity (Wildman–Crippen MR) is 83.1 cm³/mol. The molecule has 116 valence electrons. The van der Waals surface area contributed by atoms with Crippen LogP contribution in [0.3, 0.4) is 0 Å². The monoisotopic (exact) mass is 304 g/mol. The molecule has 2 aromatic rings. The van der Waals surface area contributed by atoms with Gasteiger partial charge < -0.3 is 9.80 Å². The highest BCUT2D eigenvalue weighted by Gasteiger charge is 2.18. The van der Waals surface area contributed by atoms with Crippen LogP contribution in [0.2, 0.25) is 0 Å². The number of halogens is 1. The molecule has 0 amide bonds. The van der Waals surface area contributed by atoms with Crippen molar-refractivity contribution in [3.05, 3.63) is 57.0 Å². The van der Waals surface area contributed by atoms with Crippen LogP contribution in [0.15, 0.2) is 39.9 Å². The minimum absolute atomic E-state index is 0.250. The van der Waals surface area contributed by atoms with Crippen molar-refractivity contribution in [2.75, 3.05) is 36.0 Å². The first-order valence-electron chi connectivity index (χ1n) is 7.10. The zero-order chi connectivity index (χ0) is 15.7. The van der Waals surface area contributed by atoms with E-state index in [0.29, 0.717) is 18.9 Å². The summed E-state index contributed by atoms with van der Waals surface area (Å²) in [5, 5.41) is 0. The van der Waals surface area contributed by atoms with Crippen LogP contribution >= 0.6 is 0 Å². The maximum Gasteiger partial charge on any atom is 0.329 e. The maximum atomic E-state index is 13.0. The van der Waals surface area contributed by atoms with Gasteiger partial charge in [-0.05, 0) is 24.3 Å². The summed E-state index contributed by atoms with van der Waals surface area (Å²) < 4.78 is 14.0. The molecule has 1 aliphatic rings. The van der Waals surface area contributed by atoms with Crippen molar-refractivity contribution in [1.82, 2.24) is 9.55 Å². The highest BCUT2D eigenvalue weighted by molar-refractivity contribution is 5.49. The summed E-state index contributed by atoms with van der Waals surface area (Å²) in [6, 6.07) is 7.84. The van der Waals surface area contributed by atoms with Crippen LogP contribution in [0.5, 0.6) is 0 Å². The van der Waals surface area contributed by atoms with E-state index in [1.807, 2.05) is 4.90 Å². The number of aromatic amines is 1. The minimum atomic E-state index is -0.413. The second-order valence-corrected chi connectivity index (χ2v) is 5.31. The molecule has 0 saturated carbocycles. The molecule has 22 heavy (non-hydrogen) atoms. The zero-order valence-electron chi connectivity index (χ0n) is 12.3. The Kier molecular flexibility index (Phi) is 3.70. The summed E-state index contributed by atoms with van der Waals surface area (Å²) in [6.45, 7) is 2.84. The van der Waals surface area contributed by atoms with E-state index >= 15 is 0 Å². The number of nitrogens with one attached hydrogen (secondary N) is 1. The van der Waals surface area contributed by atoms with Crippen LogP contribution in [0.1, 0.15) is 0 Å². The van der Waals surface area contributed by atoms with Gasteiger partial charge in [0.05, 0.1) is 0 Å². The first kappa shape index (κ1) is 14.4. The van der Waals surface area contributed by atoms with Crippen molar-refractivity contribution in [3.8, 4) is 0 Å². The maximum absolute atomic E-state index is 13.0. The van der Waals surface area contributed by atoms with Gasteiger partial charge in [0.15, 0.2) is 0 Å². The smallest absolute Gasteiger partial charge is 0.329 e. The average Bonchev–Trinajstić information content (AvgIpc) is 2.53. The van der Waals surface area contributed by atoms with Crippen LogP contribution in [-0.2, 0) is 7.05 Å². The van der Waals surface area contributed by atoms with E-state index in [9.17, 15) is 14.0 Å². The second kappa shape index (κ2) is 5.67.